The molecule has 0 saturated carbocycles. The van der Waals surface area contributed by atoms with Gasteiger partial charge in [-0.3, -0.25) is 4.79 Å². The third kappa shape index (κ3) is 0.906. The fourth-order valence-electron chi connectivity index (χ4n) is 1.21. The number of hydrogen-bond acceptors (Lipinski definition) is 2. The molecule has 2 rings (SSSR count). The Morgan fingerprint density at radius 2 is 2.08 bits per heavy atom. The standard InChI is InChI=1S/C9H8N2O/c1-6-7-4-2-3-5-8(7)10-11-9(6)12/h2-5H,1H3,(H,11,12). The number of nitrogens with zero attached hydrogens (tertiary/aromatic N) is 1. The van der Waals surface area contributed by atoms with Crippen LogP contribution in [0.5, 0.6) is 0 Å². The van der Waals surface area contributed by atoms with Gasteiger partial charge in [-0.1, -0.05) is 18.2 Å². The van der Waals surface area contributed by atoms with Crippen molar-refractivity contribution >= 4 is 10.9 Å². The molecule has 0 saturated heterocycles. The van der Waals surface area contributed by atoms with Gasteiger partial charge in [0, 0.05) is 10.9 Å². The summed E-state index contributed by atoms with van der Waals surface area (Å²) in [4.78, 5) is 11.1. The van der Waals surface area contributed by atoms with Crippen LogP contribution in [-0.4, -0.2) is 10.2 Å². The molecule has 0 atom stereocenters. The van der Waals surface area contributed by atoms with Gasteiger partial charge in [-0.2, -0.15) is 5.10 Å². The predicted molar refractivity (Wildman–Crippen MR) is 47.1 cm³/mol. The van der Waals surface area contributed by atoms with E-state index < -0.39 is 0 Å². The van der Waals surface area contributed by atoms with Crippen LogP contribution in [0.15, 0.2) is 29.1 Å². The molecular formula is C9H8N2O. The normalized spacial score (nSPS) is 10.4. The molecule has 1 N–H and O–H groups in total. The van der Waals surface area contributed by atoms with Crippen LogP contribution < -0.4 is 5.56 Å². The molecule has 0 fully saturated rings. The fourth-order valence-corrected chi connectivity index (χ4v) is 1.21. The first-order valence-electron chi connectivity index (χ1n) is 3.73. The van der Waals surface area contributed by atoms with Crippen molar-refractivity contribution in [3.05, 3.63) is 40.2 Å². The number of para-hydroxylation sites is 1. The first-order chi connectivity index (χ1) is 5.79. The molecular weight excluding hydrogens is 152 g/mol. The number of hydrogen-bond donors (Lipinski definition) is 1. The number of aromatic amines is 1. The minimum Gasteiger partial charge on any atom is -0.268 e. The molecule has 0 radical (unpaired) electrons. The van der Waals surface area contributed by atoms with Gasteiger partial charge in [0.05, 0.1) is 5.52 Å². The molecule has 3 nitrogen and oxygen atoms in total. The second kappa shape index (κ2) is 2.44. The third-order valence-electron chi connectivity index (χ3n) is 1.93. The van der Waals surface area contributed by atoms with E-state index in [0.29, 0.717) is 0 Å². The van der Waals surface area contributed by atoms with Crippen molar-refractivity contribution in [1.82, 2.24) is 10.2 Å². The molecule has 1 heterocycles. The smallest absolute Gasteiger partial charge is 0.267 e. The van der Waals surface area contributed by atoms with E-state index in [1.165, 1.54) is 0 Å². The molecule has 0 aliphatic heterocycles. The molecule has 0 aliphatic rings. The summed E-state index contributed by atoms with van der Waals surface area (Å²) in [5, 5.41) is 7.26. The summed E-state index contributed by atoms with van der Waals surface area (Å²) >= 11 is 0. The zero-order valence-corrected chi connectivity index (χ0v) is 6.66. The molecule has 0 bridgehead atoms. The van der Waals surface area contributed by atoms with Crippen molar-refractivity contribution in [1.29, 1.82) is 0 Å². The van der Waals surface area contributed by atoms with E-state index >= 15 is 0 Å². The topological polar surface area (TPSA) is 45.8 Å². The van der Waals surface area contributed by atoms with E-state index in [1.54, 1.807) is 6.92 Å². The first-order valence-corrected chi connectivity index (χ1v) is 3.73. The van der Waals surface area contributed by atoms with Crippen molar-refractivity contribution < 1.29 is 0 Å². The Hall–Kier alpha value is -1.64. The summed E-state index contributed by atoms with van der Waals surface area (Å²) in [6, 6.07) is 7.56. The van der Waals surface area contributed by atoms with Gasteiger partial charge in [0.25, 0.3) is 5.56 Å². The number of H-pyrrole nitrogens is 1. The number of rotatable bonds is 0. The van der Waals surface area contributed by atoms with E-state index in [0.717, 1.165) is 16.5 Å². The highest BCUT2D eigenvalue weighted by Crippen LogP contribution is 2.10. The van der Waals surface area contributed by atoms with E-state index in [1.807, 2.05) is 24.3 Å². The van der Waals surface area contributed by atoms with Crippen LogP contribution in [0.3, 0.4) is 0 Å². The maximum Gasteiger partial charge on any atom is 0.267 e. The quantitative estimate of drug-likeness (QED) is 0.630. The summed E-state index contributed by atoms with van der Waals surface area (Å²) in [6.45, 7) is 1.79. The van der Waals surface area contributed by atoms with Gasteiger partial charge >= 0.3 is 0 Å². The van der Waals surface area contributed by atoms with Crippen molar-refractivity contribution in [3.63, 3.8) is 0 Å². The second-order valence-corrected chi connectivity index (χ2v) is 2.69. The SMILES string of the molecule is Cc1c(=O)[nH]nc2ccccc12. The van der Waals surface area contributed by atoms with Crippen molar-refractivity contribution in [2.24, 2.45) is 0 Å². The Kier molecular flexibility index (Phi) is 1.43. The largest absolute Gasteiger partial charge is 0.268 e. The average molecular weight is 160 g/mol. The Bertz CT molecular complexity index is 473. The summed E-state index contributed by atoms with van der Waals surface area (Å²) in [5.74, 6) is 0. The molecule has 0 unspecified atom stereocenters. The monoisotopic (exact) mass is 160 g/mol. The Morgan fingerprint density at radius 3 is 2.92 bits per heavy atom. The minimum absolute atomic E-state index is 0.117. The van der Waals surface area contributed by atoms with Gasteiger partial charge in [-0.15, -0.1) is 0 Å². The summed E-state index contributed by atoms with van der Waals surface area (Å²) in [5.41, 5.74) is 1.43. The third-order valence-corrected chi connectivity index (χ3v) is 1.93. The van der Waals surface area contributed by atoms with Gasteiger partial charge < -0.3 is 0 Å². The van der Waals surface area contributed by atoms with Crippen LogP contribution in [0, 0.1) is 6.92 Å². The van der Waals surface area contributed by atoms with Crippen molar-refractivity contribution in [2.45, 2.75) is 6.92 Å². The Morgan fingerprint density at radius 1 is 1.33 bits per heavy atom. The highest BCUT2D eigenvalue weighted by atomic mass is 16.1. The lowest BCUT2D eigenvalue weighted by atomic mass is 10.1. The van der Waals surface area contributed by atoms with Crippen LogP contribution in [-0.2, 0) is 0 Å². The lowest BCUT2D eigenvalue weighted by Crippen LogP contribution is -2.11. The summed E-state index contributed by atoms with van der Waals surface area (Å²) in [7, 11) is 0. The van der Waals surface area contributed by atoms with Gasteiger partial charge in [0.2, 0.25) is 0 Å². The Balaban J connectivity index is 3.01. The highest BCUT2D eigenvalue weighted by molar-refractivity contribution is 5.80. The van der Waals surface area contributed by atoms with Gasteiger partial charge in [0.1, 0.15) is 0 Å². The molecule has 1 aromatic carbocycles. The zero-order valence-electron chi connectivity index (χ0n) is 6.66. The number of aryl methyl sites for hydroxylation is 1. The van der Waals surface area contributed by atoms with Gasteiger partial charge in [-0.25, -0.2) is 5.10 Å². The number of nitrogens with one attached hydrogen (secondary N) is 1. The molecule has 12 heavy (non-hydrogen) atoms. The molecule has 3 heteroatoms. The van der Waals surface area contributed by atoms with E-state index in [4.69, 9.17) is 0 Å². The predicted octanol–water partition coefficient (Wildman–Crippen LogP) is 1.23. The maximum atomic E-state index is 11.1. The molecule has 60 valence electrons. The van der Waals surface area contributed by atoms with E-state index in [9.17, 15) is 4.79 Å². The van der Waals surface area contributed by atoms with Crippen LogP contribution in [0.4, 0.5) is 0 Å². The second-order valence-electron chi connectivity index (χ2n) is 2.69. The summed E-state index contributed by atoms with van der Waals surface area (Å²) < 4.78 is 0. The van der Waals surface area contributed by atoms with Gasteiger partial charge in [0.15, 0.2) is 0 Å². The van der Waals surface area contributed by atoms with Crippen LogP contribution in [0.25, 0.3) is 10.9 Å². The highest BCUT2D eigenvalue weighted by Gasteiger charge is 1.99. The van der Waals surface area contributed by atoms with Crippen LogP contribution >= 0.6 is 0 Å². The lowest BCUT2D eigenvalue weighted by Gasteiger charge is -1.97. The van der Waals surface area contributed by atoms with Crippen LogP contribution in [0.2, 0.25) is 0 Å². The van der Waals surface area contributed by atoms with E-state index in [-0.39, 0.29) is 5.56 Å². The van der Waals surface area contributed by atoms with Crippen LogP contribution in [0.1, 0.15) is 5.56 Å². The minimum atomic E-state index is -0.117. The van der Waals surface area contributed by atoms with Crippen molar-refractivity contribution in [3.8, 4) is 0 Å². The average Bonchev–Trinajstić information content (AvgIpc) is 2.12. The molecule has 0 amide bonds. The summed E-state index contributed by atoms with van der Waals surface area (Å²) in [6.07, 6.45) is 0. The number of benzene rings is 1. The molecule has 0 spiro atoms. The van der Waals surface area contributed by atoms with E-state index in [2.05, 4.69) is 10.2 Å². The zero-order chi connectivity index (χ0) is 8.55. The molecule has 0 aliphatic carbocycles. The molecule has 2 aromatic rings. The van der Waals surface area contributed by atoms with Crippen molar-refractivity contribution in [2.75, 3.05) is 0 Å². The first kappa shape index (κ1) is 7.03. The molecule has 1 aromatic heterocycles. The number of fused-ring (bicyclic) bond motifs is 1. The van der Waals surface area contributed by atoms with Gasteiger partial charge in [-0.05, 0) is 13.0 Å². The lowest BCUT2D eigenvalue weighted by molar-refractivity contribution is 1.01. The number of aromatic nitrogens is 2. The fraction of sp³-hybridized carbons (Fsp3) is 0.111. The maximum absolute atomic E-state index is 11.1. The Labute approximate surface area is 69.0 Å².